The van der Waals surface area contributed by atoms with Crippen molar-refractivity contribution in [2.24, 2.45) is 0 Å². The van der Waals surface area contributed by atoms with Crippen LogP contribution < -0.4 is 0 Å². The number of carbonyl (C=O) groups is 1. The lowest BCUT2D eigenvalue weighted by atomic mass is 10.0. The topological polar surface area (TPSA) is 88.7 Å². The molecule has 2 aromatic rings. The molecular formula is C14H16N2O4S. The minimum atomic E-state index is -2.95. The monoisotopic (exact) mass is 308 g/mol. The largest absolute Gasteiger partial charge is 0.476 e. The summed E-state index contributed by atoms with van der Waals surface area (Å²) in [7, 11) is -2.95. The van der Waals surface area contributed by atoms with Crippen molar-refractivity contribution in [3.8, 4) is 0 Å². The average molecular weight is 308 g/mol. The third kappa shape index (κ3) is 2.42. The highest BCUT2D eigenvalue weighted by atomic mass is 32.2. The number of carboxylic acids is 1. The fourth-order valence-electron chi connectivity index (χ4n) is 2.92. The number of sulfone groups is 1. The SMILES string of the molecule is Cc1cccn2c(C3CCS(=O)(=O)CC3)nc(C(=O)O)c12. The Morgan fingerprint density at radius 3 is 2.67 bits per heavy atom. The van der Waals surface area contributed by atoms with Gasteiger partial charge in [0.2, 0.25) is 0 Å². The summed E-state index contributed by atoms with van der Waals surface area (Å²) >= 11 is 0. The molecule has 6 nitrogen and oxygen atoms in total. The minimum Gasteiger partial charge on any atom is -0.476 e. The van der Waals surface area contributed by atoms with E-state index in [1.807, 2.05) is 19.1 Å². The van der Waals surface area contributed by atoms with Crippen molar-refractivity contribution < 1.29 is 18.3 Å². The third-order valence-electron chi connectivity index (χ3n) is 4.02. The highest BCUT2D eigenvalue weighted by Gasteiger charge is 2.29. The molecule has 1 saturated heterocycles. The standard InChI is InChI=1S/C14H16N2O4S/c1-9-3-2-6-16-12(9)11(14(17)18)15-13(16)10-4-7-21(19,20)8-5-10/h2-3,6,10H,4-5,7-8H2,1H3,(H,17,18). The number of fused-ring (bicyclic) bond motifs is 1. The molecule has 1 N–H and O–H groups in total. The summed E-state index contributed by atoms with van der Waals surface area (Å²) in [5, 5.41) is 9.33. The molecule has 1 aliphatic rings. The molecular weight excluding hydrogens is 292 g/mol. The van der Waals surface area contributed by atoms with Gasteiger partial charge in [0.05, 0.1) is 17.0 Å². The second-order valence-electron chi connectivity index (χ2n) is 5.46. The van der Waals surface area contributed by atoms with Crippen LogP contribution in [0.3, 0.4) is 0 Å². The number of nitrogens with zero attached hydrogens (tertiary/aromatic N) is 2. The predicted molar refractivity (Wildman–Crippen MR) is 77.5 cm³/mol. The van der Waals surface area contributed by atoms with Crippen LogP contribution in [-0.2, 0) is 9.84 Å². The number of aromatic nitrogens is 2. The highest BCUT2D eigenvalue weighted by molar-refractivity contribution is 7.91. The first-order valence-electron chi connectivity index (χ1n) is 6.80. The summed E-state index contributed by atoms with van der Waals surface area (Å²) < 4.78 is 24.9. The molecule has 0 spiro atoms. The molecule has 0 radical (unpaired) electrons. The molecule has 3 rings (SSSR count). The van der Waals surface area contributed by atoms with Crippen LogP contribution in [0.4, 0.5) is 0 Å². The summed E-state index contributed by atoms with van der Waals surface area (Å²) in [4.78, 5) is 15.7. The van der Waals surface area contributed by atoms with Crippen LogP contribution in [0.5, 0.6) is 0 Å². The molecule has 2 aromatic heterocycles. The predicted octanol–water partition coefficient (Wildman–Crippen LogP) is 1.63. The Morgan fingerprint density at radius 2 is 2.05 bits per heavy atom. The van der Waals surface area contributed by atoms with Crippen molar-refractivity contribution in [3.05, 3.63) is 35.4 Å². The zero-order valence-electron chi connectivity index (χ0n) is 11.6. The number of carboxylic acid groups (broad SMARTS) is 1. The van der Waals surface area contributed by atoms with E-state index >= 15 is 0 Å². The van der Waals surface area contributed by atoms with Crippen molar-refractivity contribution in [1.29, 1.82) is 0 Å². The Labute approximate surface area is 122 Å². The number of aromatic carboxylic acids is 1. The number of aryl methyl sites for hydroxylation is 1. The van der Waals surface area contributed by atoms with Crippen molar-refractivity contribution in [2.45, 2.75) is 25.7 Å². The van der Waals surface area contributed by atoms with E-state index in [2.05, 4.69) is 4.98 Å². The fourth-order valence-corrected chi connectivity index (χ4v) is 4.41. The third-order valence-corrected chi connectivity index (χ3v) is 5.73. The van der Waals surface area contributed by atoms with Crippen LogP contribution >= 0.6 is 0 Å². The molecule has 1 aliphatic heterocycles. The van der Waals surface area contributed by atoms with Gasteiger partial charge in [-0.3, -0.25) is 0 Å². The zero-order chi connectivity index (χ0) is 15.2. The molecule has 0 saturated carbocycles. The molecule has 21 heavy (non-hydrogen) atoms. The van der Waals surface area contributed by atoms with E-state index in [1.165, 1.54) is 0 Å². The smallest absolute Gasteiger partial charge is 0.356 e. The number of rotatable bonds is 2. The van der Waals surface area contributed by atoms with Gasteiger partial charge in [0, 0.05) is 12.1 Å². The van der Waals surface area contributed by atoms with Gasteiger partial charge in [-0.05, 0) is 31.4 Å². The Morgan fingerprint density at radius 1 is 1.38 bits per heavy atom. The normalized spacial score (nSPS) is 18.9. The molecule has 0 atom stereocenters. The fraction of sp³-hybridized carbons (Fsp3) is 0.429. The lowest BCUT2D eigenvalue weighted by Gasteiger charge is -2.20. The maximum Gasteiger partial charge on any atom is 0.356 e. The lowest BCUT2D eigenvalue weighted by molar-refractivity contribution is 0.0693. The summed E-state index contributed by atoms with van der Waals surface area (Å²) in [6, 6.07) is 3.69. The van der Waals surface area contributed by atoms with Crippen LogP contribution in [0.15, 0.2) is 18.3 Å². The second-order valence-corrected chi connectivity index (χ2v) is 7.76. The number of imidazole rings is 1. The Kier molecular flexibility index (Phi) is 3.24. The van der Waals surface area contributed by atoms with Gasteiger partial charge in [-0.2, -0.15) is 0 Å². The molecule has 0 unspecified atom stereocenters. The van der Waals surface area contributed by atoms with E-state index in [9.17, 15) is 18.3 Å². The zero-order valence-corrected chi connectivity index (χ0v) is 12.4. The number of hydrogen-bond acceptors (Lipinski definition) is 4. The van der Waals surface area contributed by atoms with E-state index in [0.717, 1.165) is 5.56 Å². The van der Waals surface area contributed by atoms with Crippen LogP contribution in [0.25, 0.3) is 5.52 Å². The summed E-state index contributed by atoms with van der Waals surface area (Å²) in [6.07, 6.45) is 2.78. The van der Waals surface area contributed by atoms with E-state index in [-0.39, 0.29) is 23.1 Å². The maximum atomic E-state index is 11.5. The minimum absolute atomic E-state index is 0.0177. The summed E-state index contributed by atoms with van der Waals surface area (Å²) in [6.45, 7) is 1.85. The molecule has 0 aliphatic carbocycles. The summed E-state index contributed by atoms with van der Waals surface area (Å²) in [5.74, 6) is -0.143. The van der Waals surface area contributed by atoms with Crippen molar-refractivity contribution in [2.75, 3.05) is 11.5 Å². The molecule has 112 valence electrons. The van der Waals surface area contributed by atoms with E-state index in [1.54, 1.807) is 10.6 Å². The number of pyridine rings is 1. The van der Waals surface area contributed by atoms with Gasteiger partial charge < -0.3 is 9.51 Å². The first kappa shape index (κ1) is 14.1. The Balaban J connectivity index is 2.12. The first-order chi connectivity index (χ1) is 9.89. The van der Waals surface area contributed by atoms with E-state index in [0.29, 0.717) is 24.2 Å². The average Bonchev–Trinajstić information content (AvgIpc) is 2.80. The quantitative estimate of drug-likeness (QED) is 0.911. The molecule has 1 fully saturated rings. The van der Waals surface area contributed by atoms with Gasteiger partial charge in [-0.15, -0.1) is 0 Å². The van der Waals surface area contributed by atoms with Crippen LogP contribution in [0.2, 0.25) is 0 Å². The van der Waals surface area contributed by atoms with Gasteiger partial charge >= 0.3 is 5.97 Å². The van der Waals surface area contributed by atoms with Gasteiger partial charge in [0.1, 0.15) is 15.7 Å². The van der Waals surface area contributed by atoms with Crippen LogP contribution in [0.1, 0.15) is 40.6 Å². The highest BCUT2D eigenvalue weighted by Crippen LogP contribution is 2.30. The van der Waals surface area contributed by atoms with E-state index < -0.39 is 15.8 Å². The Bertz CT molecular complexity index is 809. The van der Waals surface area contributed by atoms with Crippen molar-refractivity contribution in [3.63, 3.8) is 0 Å². The molecule has 3 heterocycles. The molecule has 7 heteroatoms. The second kappa shape index (κ2) is 4.84. The van der Waals surface area contributed by atoms with Gasteiger partial charge in [-0.25, -0.2) is 18.2 Å². The lowest BCUT2D eigenvalue weighted by Crippen LogP contribution is -2.23. The van der Waals surface area contributed by atoms with Gasteiger partial charge in [0.15, 0.2) is 5.69 Å². The van der Waals surface area contributed by atoms with E-state index in [4.69, 9.17) is 0 Å². The number of hydrogen-bond donors (Lipinski definition) is 1. The molecule has 0 aromatic carbocycles. The van der Waals surface area contributed by atoms with Gasteiger partial charge in [-0.1, -0.05) is 6.07 Å². The van der Waals surface area contributed by atoms with Crippen LogP contribution in [-0.4, -0.2) is 40.4 Å². The molecule has 0 bridgehead atoms. The van der Waals surface area contributed by atoms with Crippen LogP contribution in [0, 0.1) is 6.92 Å². The van der Waals surface area contributed by atoms with Crippen molar-refractivity contribution >= 4 is 21.3 Å². The molecule has 0 amide bonds. The van der Waals surface area contributed by atoms with Crippen molar-refractivity contribution in [1.82, 2.24) is 9.38 Å². The summed E-state index contributed by atoms with van der Waals surface area (Å²) in [5.41, 5.74) is 1.47. The Hall–Kier alpha value is -1.89. The van der Waals surface area contributed by atoms with Gasteiger partial charge in [0.25, 0.3) is 0 Å². The maximum absolute atomic E-state index is 11.5. The first-order valence-corrected chi connectivity index (χ1v) is 8.62.